The molecule has 0 amide bonds. The molecule has 23 heavy (non-hydrogen) atoms. The smallest absolute Gasteiger partial charge is 0.330 e. The predicted octanol–water partition coefficient (Wildman–Crippen LogP) is 1.31. The van der Waals surface area contributed by atoms with E-state index < -0.39 is 35.8 Å². The van der Waals surface area contributed by atoms with Gasteiger partial charge in [-0.05, 0) is 12.8 Å². The van der Waals surface area contributed by atoms with E-state index in [1.165, 1.54) is 0 Å². The maximum absolute atomic E-state index is 12.3. The van der Waals surface area contributed by atoms with Gasteiger partial charge in [0.15, 0.2) is 0 Å². The summed E-state index contributed by atoms with van der Waals surface area (Å²) in [5.74, 6) is -3.28. The number of aliphatic carboxylic acids is 1. The molecule has 1 N–H and O–H groups in total. The largest absolute Gasteiger partial charge is 0.481 e. The molecule has 0 aromatic rings. The van der Waals surface area contributed by atoms with Crippen LogP contribution in [0.15, 0.2) is 12.7 Å². The quantitative estimate of drug-likeness (QED) is 0.407. The van der Waals surface area contributed by atoms with Gasteiger partial charge in [-0.2, -0.15) is 0 Å². The number of carboxylic acids is 1. The number of carbonyl (C=O) groups excluding carboxylic acids is 2. The number of hydrogen-bond acceptors (Lipinski definition) is 6. The molecular weight excluding hydrogens is 304 g/mol. The highest BCUT2D eigenvalue weighted by atomic mass is 16.6. The summed E-state index contributed by atoms with van der Waals surface area (Å²) in [6, 6.07) is 0. The van der Waals surface area contributed by atoms with Crippen LogP contribution in [0.25, 0.3) is 0 Å². The Bertz CT molecular complexity index is 469. The van der Waals surface area contributed by atoms with Gasteiger partial charge in [0.05, 0.1) is 25.0 Å². The van der Waals surface area contributed by atoms with Crippen molar-refractivity contribution in [1.82, 2.24) is 0 Å². The Morgan fingerprint density at radius 1 is 1.26 bits per heavy atom. The second-order valence-electron chi connectivity index (χ2n) is 5.84. The number of carbonyl (C=O) groups is 3. The minimum absolute atomic E-state index is 0.0929. The van der Waals surface area contributed by atoms with Crippen molar-refractivity contribution >= 4 is 17.9 Å². The fourth-order valence-corrected chi connectivity index (χ4v) is 2.87. The maximum Gasteiger partial charge on any atom is 0.330 e. The number of hydrogen-bond donors (Lipinski definition) is 1. The zero-order chi connectivity index (χ0) is 16.8. The molecule has 2 rings (SSSR count). The third-order valence-corrected chi connectivity index (χ3v) is 4.24. The summed E-state index contributed by atoms with van der Waals surface area (Å²) in [6.45, 7) is 3.88. The summed E-state index contributed by atoms with van der Waals surface area (Å²) in [6.07, 6.45) is 3.33. The second kappa shape index (κ2) is 8.10. The van der Waals surface area contributed by atoms with E-state index in [1.807, 2.05) is 0 Å². The third-order valence-electron chi connectivity index (χ3n) is 4.24. The van der Waals surface area contributed by atoms with Gasteiger partial charge in [-0.1, -0.05) is 19.4 Å². The molecule has 0 spiro atoms. The van der Waals surface area contributed by atoms with Crippen molar-refractivity contribution in [3.8, 4) is 0 Å². The average molecular weight is 326 g/mol. The maximum atomic E-state index is 12.3. The summed E-state index contributed by atoms with van der Waals surface area (Å²) in [5, 5.41) is 9.24. The topological polar surface area (TPSA) is 102 Å². The Hall–Kier alpha value is -1.89. The molecule has 128 valence electrons. The van der Waals surface area contributed by atoms with E-state index in [1.54, 1.807) is 0 Å². The number of ether oxygens (including phenoxy) is 3. The monoisotopic (exact) mass is 326 g/mol. The first-order valence-corrected chi connectivity index (χ1v) is 7.87. The molecule has 4 unspecified atom stereocenters. The van der Waals surface area contributed by atoms with Crippen molar-refractivity contribution in [2.75, 3.05) is 13.2 Å². The highest BCUT2D eigenvalue weighted by Gasteiger charge is 2.41. The highest BCUT2D eigenvalue weighted by molar-refractivity contribution is 5.81. The molecule has 1 aliphatic carbocycles. The summed E-state index contributed by atoms with van der Waals surface area (Å²) in [5.41, 5.74) is 0. The average Bonchev–Trinajstić information content (AvgIpc) is 3.38. The number of carboxylic acid groups (broad SMARTS) is 1. The fourth-order valence-electron chi connectivity index (χ4n) is 2.87. The SMILES string of the molecule is C=CC(=O)OCCC(OC(=O)C1CCCCC1C(=O)O)C1CO1. The first kappa shape index (κ1) is 17.5. The van der Waals surface area contributed by atoms with Crippen LogP contribution in [0.3, 0.4) is 0 Å². The molecule has 0 aromatic heterocycles. The zero-order valence-electron chi connectivity index (χ0n) is 12.9. The number of epoxide rings is 1. The van der Waals surface area contributed by atoms with Crippen molar-refractivity contribution < 1.29 is 33.7 Å². The summed E-state index contributed by atoms with van der Waals surface area (Å²) >= 11 is 0. The molecule has 2 aliphatic rings. The zero-order valence-corrected chi connectivity index (χ0v) is 12.9. The molecule has 1 heterocycles. The minimum atomic E-state index is -0.953. The minimum Gasteiger partial charge on any atom is -0.481 e. The van der Waals surface area contributed by atoms with E-state index in [0.717, 1.165) is 18.9 Å². The number of esters is 2. The van der Waals surface area contributed by atoms with Gasteiger partial charge in [0.2, 0.25) is 0 Å². The summed E-state index contributed by atoms with van der Waals surface area (Å²) in [4.78, 5) is 34.6. The van der Waals surface area contributed by atoms with Crippen LogP contribution in [-0.4, -0.2) is 48.4 Å². The van der Waals surface area contributed by atoms with E-state index in [9.17, 15) is 19.5 Å². The molecule has 0 radical (unpaired) electrons. The van der Waals surface area contributed by atoms with Gasteiger partial charge in [-0.15, -0.1) is 0 Å². The van der Waals surface area contributed by atoms with Gasteiger partial charge >= 0.3 is 17.9 Å². The van der Waals surface area contributed by atoms with Crippen LogP contribution in [0, 0.1) is 11.8 Å². The Morgan fingerprint density at radius 3 is 2.48 bits per heavy atom. The van der Waals surface area contributed by atoms with Crippen molar-refractivity contribution in [3.63, 3.8) is 0 Å². The van der Waals surface area contributed by atoms with Crippen LogP contribution >= 0.6 is 0 Å². The lowest BCUT2D eigenvalue weighted by Gasteiger charge is -2.28. The van der Waals surface area contributed by atoms with Gasteiger partial charge in [-0.3, -0.25) is 9.59 Å². The molecule has 2 fully saturated rings. The Kier molecular flexibility index (Phi) is 6.15. The lowest BCUT2D eigenvalue weighted by Crippen LogP contribution is -2.37. The Labute approximate surface area is 134 Å². The molecule has 1 saturated carbocycles. The second-order valence-corrected chi connectivity index (χ2v) is 5.84. The molecular formula is C16H22O7. The summed E-state index contributed by atoms with van der Waals surface area (Å²) in [7, 11) is 0. The molecule has 1 aliphatic heterocycles. The molecule has 0 aromatic carbocycles. The normalized spacial score (nSPS) is 27.6. The van der Waals surface area contributed by atoms with E-state index in [2.05, 4.69) is 6.58 Å². The van der Waals surface area contributed by atoms with Gasteiger partial charge in [0.1, 0.15) is 12.2 Å². The van der Waals surface area contributed by atoms with Crippen molar-refractivity contribution in [3.05, 3.63) is 12.7 Å². The molecule has 7 nitrogen and oxygen atoms in total. The highest BCUT2D eigenvalue weighted by Crippen LogP contribution is 2.32. The van der Waals surface area contributed by atoms with E-state index >= 15 is 0 Å². The first-order valence-electron chi connectivity index (χ1n) is 7.87. The van der Waals surface area contributed by atoms with E-state index in [0.29, 0.717) is 25.9 Å². The standard InChI is InChI=1S/C16H22O7/c1-2-14(17)21-8-7-12(13-9-22-13)23-16(20)11-6-4-3-5-10(11)15(18)19/h2,10-13H,1,3-9H2,(H,18,19). The van der Waals surface area contributed by atoms with Crippen molar-refractivity contribution in [2.45, 2.75) is 44.3 Å². The van der Waals surface area contributed by atoms with Crippen LogP contribution in [0.5, 0.6) is 0 Å². The van der Waals surface area contributed by atoms with Crippen molar-refractivity contribution in [2.24, 2.45) is 11.8 Å². The van der Waals surface area contributed by atoms with Crippen LogP contribution in [-0.2, 0) is 28.6 Å². The first-order chi connectivity index (χ1) is 11.0. The lowest BCUT2D eigenvalue weighted by atomic mass is 9.79. The molecule has 7 heteroatoms. The number of rotatable bonds is 8. The lowest BCUT2D eigenvalue weighted by molar-refractivity contribution is -0.165. The van der Waals surface area contributed by atoms with Gasteiger partial charge in [-0.25, -0.2) is 4.79 Å². The van der Waals surface area contributed by atoms with Crippen LogP contribution < -0.4 is 0 Å². The summed E-state index contributed by atoms with van der Waals surface area (Å²) < 4.78 is 15.5. The van der Waals surface area contributed by atoms with E-state index in [-0.39, 0.29) is 12.7 Å². The molecule has 4 atom stereocenters. The molecule has 1 saturated heterocycles. The Balaban J connectivity index is 1.88. The van der Waals surface area contributed by atoms with Crippen LogP contribution in [0.2, 0.25) is 0 Å². The van der Waals surface area contributed by atoms with Gasteiger partial charge in [0, 0.05) is 12.5 Å². The van der Waals surface area contributed by atoms with Crippen LogP contribution in [0.1, 0.15) is 32.1 Å². The molecule has 0 bridgehead atoms. The Morgan fingerprint density at radius 2 is 1.91 bits per heavy atom. The van der Waals surface area contributed by atoms with Crippen LogP contribution in [0.4, 0.5) is 0 Å². The fraction of sp³-hybridized carbons (Fsp3) is 0.688. The van der Waals surface area contributed by atoms with Gasteiger partial charge in [0.25, 0.3) is 0 Å². The predicted molar refractivity (Wildman–Crippen MR) is 78.5 cm³/mol. The van der Waals surface area contributed by atoms with E-state index in [4.69, 9.17) is 14.2 Å². The van der Waals surface area contributed by atoms with Crippen molar-refractivity contribution in [1.29, 1.82) is 0 Å². The van der Waals surface area contributed by atoms with Gasteiger partial charge < -0.3 is 19.3 Å². The third kappa shape index (κ3) is 5.06.